The van der Waals surface area contributed by atoms with Gasteiger partial charge in [0.15, 0.2) is 0 Å². The van der Waals surface area contributed by atoms with E-state index in [1.165, 1.54) is 6.07 Å². The number of nitrogens with one attached hydrogen (secondary N) is 2. The Kier molecular flexibility index (Phi) is 7.04. The molecule has 0 aliphatic carbocycles. The molecule has 1 aliphatic heterocycles. The van der Waals surface area contributed by atoms with Crippen LogP contribution in [0.4, 0.5) is 13.2 Å². The van der Waals surface area contributed by atoms with Gasteiger partial charge in [-0.1, -0.05) is 24.3 Å². The number of nitrogens with zero attached hydrogens (tertiary/aromatic N) is 2. The number of carbonyl (C=O) groups is 2. The van der Waals surface area contributed by atoms with E-state index in [9.17, 15) is 22.8 Å². The summed E-state index contributed by atoms with van der Waals surface area (Å²) in [7, 11) is 0. The highest BCUT2D eigenvalue weighted by molar-refractivity contribution is 5.88. The van der Waals surface area contributed by atoms with E-state index in [1.807, 2.05) is 18.2 Å². The summed E-state index contributed by atoms with van der Waals surface area (Å²) in [4.78, 5) is 30.6. The summed E-state index contributed by atoms with van der Waals surface area (Å²) in [5.74, 6) is -0.588. The summed E-state index contributed by atoms with van der Waals surface area (Å²) in [6, 6.07) is 9.83. The first kappa shape index (κ1) is 21.8. The highest BCUT2D eigenvalue weighted by atomic mass is 19.4. The van der Waals surface area contributed by atoms with Crippen LogP contribution in [0.15, 0.2) is 48.7 Å². The largest absolute Gasteiger partial charge is 0.416 e. The molecule has 0 radical (unpaired) electrons. The third-order valence-electron chi connectivity index (χ3n) is 4.89. The number of aromatic nitrogens is 1. The molecule has 160 valence electrons. The second kappa shape index (κ2) is 9.71. The van der Waals surface area contributed by atoms with E-state index in [-0.39, 0.29) is 24.8 Å². The third-order valence-corrected chi connectivity index (χ3v) is 4.89. The Hall–Kier alpha value is -2.94. The van der Waals surface area contributed by atoms with Gasteiger partial charge in [0.1, 0.15) is 0 Å². The predicted octanol–water partition coefficient (Wildman–Crippen LogP) is 2.15. The van der Waals surface area contributed by atoms with Gasteiger partial charge in [0.25, 0.3) is 0 Å². The van der Waals surface area contributed by atoms with Gasteiger partial charge in [-0.15, -0.1) is 0 Å². The van der Waals surface area contributed by atoms with Crippen LogP contribution in [0, 0.1) is 0 Å². The summed E-state index contributed by atoms with van der Waals surface area (Å²) in [5.41, 5.74) is 0.560. The van der Waals surface area contributed by atoms with Crippen LogP contribution in [-0.2, 0) is 28.7 Å². The van der Waals surface area contributed by atoms with Crippen LogP contribution < -0.4 is 10.6 Å². The van der Waals surface area contributed by atoms with Crippen LogP contribution in [0.2, 0.25) is 0 Å². The Bertz CT molecular complexity index is 874. The number of carbonyl (C=O) groups excluding carboxylic acids is 2. The molecule has 6 nitrogen and oxygen atoms in total. The quantitative estimate of drug-likeness (QED) is 0.720. The van der Waals surface area contributed by atoms with Gasteiger partial charge in [-0.3, -0.25) is 19.5 Å². The standard InChI is InChI=1S/C21H23F3N4O2/c22-21(23,24)16-5-3-4-15(12-16)14-28-11-10-27-20(30)18(28)13-19(29)26-9-7-17-6-1-2-8-25-17/h1-6,8,12,18H,7,9-11,13-14H2,(H,26,29)(H,27,30). The lowest BCUT2D eigenvalue weighted by Gasteiger charge is -2.34. The van der Waals surface area contributed by atoms with Crippen molar-refractivity contribution in [3.8, 4) is 0 Å². The number of rotatable bonds is 7. The third kappa shape index (κ3) is 6.03. The summed E-state index contributed by atoms with van der Waals surface area (Å²) in [6.07, 6.45) is -2.25. The number of amides is 2. The lowest BCUT2D eigenvalue weighted by atomic mass is 10.0. The molecule has 2 N–H and O–H groups in total. The maximum atomic E-state index is 13.0. The van der Waals surface area contributed by atoms with E-state index in [0.717, 1.165) is 17.8 Å². The molecule has 2 heterocycles. The highest BCUT2D eigenvalue weighted by Gasteiger charge is 2.33. The SMILES string of the molecule is O=C(CC1C(=O)NCCN1Cc1cccc(C(F)(F)F)c1)NCCc1ccccn1. The summed E-state index contributed by atoms with van der Waals surface area (Å²) >= 11 is 0. The minimum absolute atomic E-state index is 0.0625. The molecule has 9 heteroatoms. The van der Waals surface area contributed by atoms with Crippen molar-refractivity contribution in [3.63, 3.8) is 0 Å². The molecule has 1 atom stereocenters. The molecular weight excluding hydrogens is 397 g/mol. The number of alkyl halides is 3. The molecule has 1 saturated heterocycles. The minimum Gasteiger partial charge on any atom is -0.356 e. The van der Waals surface area contributed by atoms with Crippen molar-refractivity contribution in [2.24, 2.45) is 0 Å². The van der Waals surface area contributed by atoms with E-state index in [2.05, 4.69) is 15.6 Å². The zero-order valence-electron chi connectivity index (χ0n) is 16.3. The molecule has 3 rings (SSSR count). The van der Waals surface area contributed by atoms with Crippen molar-refractivity contribution in [3.05, 3.63) is 65.5 Å². The molecular formula is C21H23F3N4O2. The smallest absolute Gasteiger partial charge is 0.356 e. The first-order valence-electron chi connectivity index (χ1n) is 9.67. The number of pyridine rings is 1. The Morgan fingerprint density at radius 2 is 2.07 bits per heavy atom. The van der Waals surface area contributed by atoms with E-state index in [4.69, 9.17) is 0 Å². The van der Waals surface area contributed by atoms with Crippen LogP contribution in [0.3, 0.4) is 0 Å². The monoisotopic (exact) mass is 420 g/mol. The molecule has 1 unspecified atom stereocenters. The predicted molar refractivity (Wildman–Crippen MR) is 104 cm³/mol. The van der Waals surface area contributed by atoms with Gasteiger partial charge < -0.3 is 10.6 Å². The number of hydrogen-bond donors (Lipinski definition) is 2. The van der Waals surface area contributed by atoms with E-state index >= 15 is 0 Å². The number of benzene rings is 1. The average Bonchev–Trinajstić information content (AvgIpc) is 2.71. The maximum absolute atomic E-state index is 13.0. The van der Waals surface area contributed by atoms with E-state index in [0.29, 0.717) is 31.6 Å². The second-order valence-corrected chi connectivity index (χ2v) is 7.10. The minimum atomic E-state index is -4.43. The van der Waals surface area contributed by atoms with Crippen LogP contribution >= 0.6 is 0 Å². The average molecular weight is 420 g/mol. The Labute approximate surface area is 172 Å². The molecule has 0 saturated carbocycles. The van der Waals surface area contributed by atoms with Gasteiger partial charge in [-0.2, -0.15) is 13.2 Å². The van der Waals surface area contributed by atoms with Gasteiger partial charge in [0, 0.05) is 44.5 Å². The maximum Gasteiger partial charge on any atom is 0.416 e. The fourth-order valence-electron chi connectivity index (χ4n) is 3.38. The van der Waals surface area contributed by atoms with Crippen LogP contribution in [0.25, 0.3) is 0 Å². The van der Waals surface area contributed by atoms with E-state index < -0.39 is 17.8 Å². The highest BCUT2D eigenvalue weighted by Crippen LogP contribution is 2.30. The lowest BCUT2D eigenvalue weighted by Crippen LogP contribution is -2.56. The van der Waals surface area contributed by atoms with E-state index in [1.54, 1.807) is 17.2 Å². The normalized spacial score (nSPS) is 17.4. The van der Waals surface area contributed by atoms with Gasteiger partial charge in [-0.25, -0.2) is 0 Å². The molecule has 1 aromatic heterocycles. The second-order valence-electron chi connectivity index (χ2n) is 7.10. The Morgan fingerprint density at radius 1 is 1.23 bits per heavy atom. The van der Waals surface area contributed by atoms with Gasteiger partial charge in [0.05, 0.1) is 18.0 Å². The molecule has 2 aromatic rings. The topological polar surface area (TPSA) is 74.3 Å². The van der Waals surface area contributed by atoms with Crippen molar-refractivity contribution in [1.29, 1.82) is 0 Å². The summed E-state index contributed by atoms with van der Waals surface area (Å²) in [6.45, 7) is 1.38. The first-order chi connectivity index (χ1) is 14.3. The molecule has 2 amide bonds. The molecule has 1 aliphatic rings. The summed E-state index contributed by atoms with van der Waals surface area (Å²) in [5, 5.41) is 5.50. The van der Waals surface area contributed by atoms with Crippen molar-refractivity contribution in [2.75, 3.05) is 19.6 Å². The van der Waals surface area contributed by atoms with Gasteiger partial charge >= 0.3 is 6.18 Å². The zero-order chi connectivity index (χ0) is 21.6. The van der Waals surface area contributed by atoms with Crippen LogP contribution in [-0.4, -0.2) is 47.4 Å². The Balaban J connectivity index is 1.59. The van der Waals surface area contributed by atoms with Crippen molar-refractivity contribution >= 4 is 11.8 Å². The van der Waals surface area contributed by atoms with Gasteiger partial charge in [-0.05, 0) is 23.8 Å². The molecule has 30 heavy (non-hydrogen) atoms. The van der Waals surface area contributed by atoms with Crippen molar-refractivity contribution in [1.82, 2.24) is 20.5 Å². The molecule has 1 fully saturated rings. The first-order valence-corrected chi connectivity index (χ1v) is 9.67. The lowest BCUT2D eigenvalue weighted by molar-refractivity contribution is -0.137. The fraction of sp³-hybridized carbons (Fsp3) is 0.381. The fourth-order valence-corrected chi connectivity index (χ4v) is 3.38. The number of hydrogen-bond acceptors (Lipinski definition) is 4. The molecule has 1 aromatic carbocycles. The van der Waals surface area contributed by atoms with Crippen molar-refractivity contribution < 1.29 is 22.8 Å². The Morgan fingerprint density at radius 3 is 2.80 bits per heavy atom. The number of halogens is 3. The molecule has 0 bridgehead atoms. The zero-order valence-corrected chi connectivity index (χ0v) is 16.3. The van der Waals surface area contributed by atoms with Crippen molar-refractivity contribution in [2.45, 2.75) is 31.6 Å². The number of piperazine rings is 1. The van der Waals surface area contributed by atoms with Crippen LogP contribution in [0.1, 0.15) is 23.2 Å². The summed E-state index contributed by atoms with van der Waals surface area (Å²) < 4.78 is 38.9. The van der Waals surface area contributed by atoms with Gasteiger partial charge in [0.2, 0.25) is 11.8 Å². The van der Waals surface area contributed by atoms with Crippen LogP contribution in [0.5, 0.6) is 0 Å². The molecule has 0 spiro atoms.